The minimum absolute atomic E-state index is 0.146. The van der Waals surface area contributed by atoms with Crippen molar-refractivity contribution in [2.45, 2.75) is 6.92 Å². The minimum atomic E-state index is -0.345. The summed E-state index contributed by atoms with van der Waals surface area (Å²) < 4.78 is 13.6. The van der Waals surface area contributed by atoms with Crippen LogP contribution in [0.4, 0.5) is 10.1 Å². The number of nitrogens with one attached hydrogen (secondary N) is 1. The van der Waals surface area contributed by atoms with Crippen LogP contribution < -0.4 is 5.32 Å². The zero-order valence-corrected chi connectivity index (χ0v) is 12.2. The van der Waals surface area contributed by atoms with Crippen LogP contribution in [0, 0.1) is 16.3 Å². The highest BCUT2D eigenvalue weighted by molar-refractivity contribution is 14.1. The van der Waals surface area contributed by atoms with E-state index in [1.54, 1.807) is 13.0 Å². The number of anilines is 1. The van der Waals surface area contributed by atoms with Gasteiger partial charge in [0.1, 0.15) is 11.6 Å². The molecular formula is C14H11FINO2. The summed E-state index contributed by atoms with van der Waals surface area (Å²) in [5.41, 5.74) is 1.62. The summed E-state index contributed by atoms with van der Waals surface area (Å²) in [7, 11) is 0. The molecule has 0 atom stereocenters. The van der Waals surface area contributed by atoms with Crippen molar-refractivity contribution in [1.82, 2.24) is 0 Å². The molecule has 2 aromatic rings. The number of halogens is 2. The van der Waals surface area contributed by atoms with Gasteiger partial charge >= 0.3 is 0 Å². The number of carbonyl (C=O) groups excluding carboxylic acids is 1. The van der Waals surface area contributed by atoms with Crippen LogP contribution in [-0.4, -0.2) is 11.0 Å². The SMILES string of the molecule is Cc1cc(C(=O)Nc2ccc(F)cc2I)ccc1O. The van der Waals surface area contributed by atoms with E-state index >= 15 is 0 Å². The molecule has 0 aromatic heterocycles. The Morgan fingerprint density at radius 2 is 2.00 bits per heavy atom. The van der Waals surface area contributed by atoms with Gasteiger partial charge in [-0.2, -0.15) is 0 Å². The van der Waals surface area contributed by atoms with Crippen molar-refractivity contribution >= 4 is 34.2 Å². The van der Waals surface area contributed by atoms with Crippen LogP contribution in [0.1, 0.15) is 15.9 Å². The average molecular weight is 371 g/mol. The van der Waals surface area contributed by atoms with E-state index in [2.05, 4.69) is 5.32 Å². The molecule has 0 fully saturated rings. The van der Waals surface area contributed by atoms with Crippen LogP contribution in [-0.2, 0) is 0 Å². The molecule has 3 nitrogen and oxygen atoms in total. The van der Waals surface area contributed by atoms with E-state index < -0.39 is 0 Å². The van der Waals surface area contributed by atoms with E-state index in [1.165, 1.54) is 30.3 Å². The van der Waals surface area contributed by atoms with Gasteiger partial charge in [-0.15, -0.1) is 0 Å². The predicted molar refractivity (Wildman–Crippen MR) is 79.9 cm³/mol. The van der Waals surface area contributed by atoms with Gasteiger partial charge in [0.05, 0.1) is 5.69 Å². The zero-order valence-electron chi connectivity index (χ0n) is 10.1. The maximum atomic E-state index is 13.0. The highest BCUT2D eigenvalue weighted by Gasteiger charge is 2.10. The average Bonchev–Trinajstić information content (AvgIpc) is 2.36. The highest BCUT2D eigenvalue weighted by Crippen LogP contribution is 2.21. The summed E-state index contributed by atoms with van der Waals surface area (Å²) in [6, 6.07) is 8.76. The topological polar surface area (TPSA) is 49.3 Å². The summed E-state index contributed by atoms with van der Waals surface area (Å²) in [6.45, 7) is 1.72. The summed E-state index contributed by atoms with van der Waals surface area (Å²) in [5, 5.41) is 12.1. The molecule has 0 aliphatic rings. The number of aryl methyl sites for hydroxylation is 1. The van der Waals surface area contributed by atoms with Crippen LogP contribution in [0.5, 0.6) is 5.75 Å². The fourth-order valence-corrected chi connectivity index (χ4v) is 2.19. The van der Waals surface area contributed by atoms with Gasteiger partial charge in [-0.25, -0.2) is 4.39 Å². The maximum absolute atomic E-state index is 13.0. The third kappa shape index (κ3) is 3.23. The van der Waals surface area contributed by atoms with Crippen LogP contribution in [0.2, 0.25) is 0 Å². The Balaban J connectivity index is 2.23. The number of phenolic OH excluding ortho intramolecular Hbond substituents is 1. The van der Waals surface area contributed by atoms with Crippen molar-refractivity contribution < 1.29 is 14.3 Å². The smallest absolute Gasteiger partial charge is 0.255 e. The number of aromatic hydroxyl groups is 1. The van der Waals surface area contributed by atoms with Crippen molar-refractivity contribution in [3.05, 3.63) is 56.9 Å². The van der Waals surface area contributed by atoms with Crippen LogP contribution in [0.25, 0.3) is 0 Å². The largest absolute Gasteiger partial charge is 0.508 e. The number of hydrogen-bond acceptors (Lipinski definition) is 2. The van der Waals surface area contributed by atoms with Crippen molar-refractivity contribution in [2.24, 2.45) is 0 Å². The summed E-state index contributed by atoms with van der Waals surface area (Å²) in [4.78, 5) is 12.0. The first-order chi connectivity index (χ1) is 8.97. The Labute approximate surface area is 123 Å². The first-order valence-electron chi connectivity index (χ1n) is 5.53. The molecule has 0 saturated carbocycles. The van der Waals surface area contributed by atoms with E-state index in [0.29, 0.717) is 20.4 Å². The molecule has 98 valence electrons. The molecule has 0 spiro atoms. The number of rotatable bonds is 2. The standard InChI is InChI=1S/C14H11FINO2/c1-8-6-9(2-5-13(8)18)14(19)17-12-4-3-10(15)7-11(12)16/h2-7,18H,1H3,(H,17,19). The monoisotopic (exact) mass is 371 g/mol. The van der Waals surface area contributed by atoms with Gasteiger partial charge in [0.25, 0.3) is 5.91 Å². The number of carbonyl (C=O) groups is 1. The van der Waals surface area contributed by atoms with Gasteiger partial charge in [0.15, 0.2) is 0 Å². The molecule has 0 unspecified atom stereocenters. The lowest BCUT2D eigenvalue weighted by Crippen LogP contribution is -2.13. The third-order valence-electron chi connectivity index (χ3n) is 2.64. The van der Waals surface area contributed by atoms with Crippen LogP contribution in [0.15, 0.2) is 36.4 Å². The molecule has 0 aliphatic heterocycles. The Morgan fingerprint density at radius 3 is 2.63 bits per heavy atom. The van der Waals surface area contributed by atoms with Crippen molar-refractivity contribution in [1.29, 1.82) is 0 Å². The Morgan fingerprint density at radius 1 is 1.26 bits per heavy atom. The molecule has 0 bridgehead atoms. The molecule has 2 rings (SSSR count). The molecule has 2 aromatic carbocycles. The quantitative estimate of drug-likeness (QED) is 0.792. The van der Waals surface area contributed by atoms with Crippen LogP contribution in [0.3, 0.4) is 0 Å². The van der Waals surface area contributed by atoms with Crippen molar-refractivity contribution in [3.63, 3.8) is 0 Å². The minimum Gasteiger partial charge on any atom is -0.508 e. The molecule has 2 N–H and O–H groups in total. The normalized spacial score (nSPS) is 10.3. The van der Waals surface area contributed by atoms with Crippen molar-refractivity contribution in [3.8, 4) is 5.75 Å². The number of phenols is 1. The first-order valence-corrected chi connectivity index (χ1v) is 6.61. The fraction of sp³-hybridized carbons (Fsp3) is 0.0714. The lowest BCUT2D eigenvalue weighted by Gasteiger charge is -2.08. The van der Waals surface area contributed by atoms with E-state index in [4.69, 9.17) is 0 Å². The van der Waals surface area contributed by atoms with Crippen LogP contribution >= 0.6 is 22.6 Å². The fourth-order valence-electron chi connectivity index (χ4n) is 1.58. The Hall–Kier alpha value is -1.63. The second kappa shape index (κ2) is 5.56. The first kappa shape index (κ1) is 13.8. The van der Waals surface area contributed by atoms with Crippen molar-refractivity contribution in [2.75, 3.05) is 5.32 Å². The Kier molecular flexibility index (Phi) is 4.04. The second-order valence-corrected chi connectivity index (χ2v) is 5.24. The molecule has 1 amide bonds. The van der Waals surface area contributed by atoms with E-state index in [-0.39, 0.29) is 17.5 Å². The van der Waals surface area contributed by atoms with Gasteiger partial charge in [-0.1, -0.05) is 0 Å². The van der Waals surface area contributed by atoms with Gasteiger partial charge in [-0.05, 0) is 71.5 Å². The summed E-state index contributed by atoms with van der Waals surface area (Å²) in [5.74, 6) is -0.497. The number of benzene rings is 2. The number of hydrogen-bond donors (Lipinski definition) is 2. The lowest BCUT2D eigenvalue weighted by molar-refractivity contribution is 0.102. The van der Waals surface area contributed by atoms with E-state index in [0.717, 1.165) is 0 Å². The molecule has 0 saturated heterocycles. The van der Waals surface area contributed by atoms with E-state index in [1.807, 2.05) is 22.6 Å². The molecule has 19 heavy (non-hydrogen) atoms. The third-order valence-corrected chi connectivity index (χ3v) is 3.53. The lowest BCUT2D eigenvalue weighted by atomic mass is 10.1. The second-order valence-electron chi connectivity index (χ2n) is 4.08. The maximum Gasteiger partial charge on any atom is 0.255 e. The zero-order chi connectivity index (χ0) is 14.0. The molecule has 0 radical (unpaired) electrons. The molecular weight excluding hydrogens is 360 g/mol. The van der Waals surface area contributed by atoms with Gasteiger partial charge < -0.3 is 10.4 Å². The highest BCUT2D eigenvalue weighted by atomic mass is 127. The van der Waals surface area contributed by atoms with Gasteiger partial charge in [0, 0.05) is 9.13 Å². The summed E-state index contributed by atoms with van der Waals surface area (Å²) >= 11 is 1.96. The molecule has 5 heteroatoms. The molecule has 0 aliphatic carbocycles. The Bertz CT molecular complexity index is 643. The van der Waals surface area contributed by atoms with E-state index in [9.17, 15) is 14.3 Å². The summed E-state index contributed by atoms with van der Waals surface area (Å²) in [6.07, 6.45) is 0. The van der Waals surface area contributed by atoms with Gasteiger partial charge in [-0.3, -0.25) is 4.79 Å². The van der Waals surface area contributed by atoms with Gasteiger partial charge in [0.2, 0.25) is 0 Å². The predicted octanol–water partition coefficient (Wildman–Crippen LogP) is 3.70. The molecule has 0 heterocycles. The number of amides is 1.